The summed E-state index contributed by atoms with van der Waals surface area (Å²) in [5.74, 6) is 0.202. The number of carbonyl (C=O) groups excluding carboxylic acids is 1. The van der Waals surface area contributed by atoms with E-state index in [0.29, 0.717) is 18.0 Å². The summed E-state index contributed by atoms with van der Waals surface area (Å²) in [5, 5.41) is 11.4. The van der Waals surface area contributed by atoms with Crippen LogP contribution in [0.2, 0.25) is 0 Å². The zero-order chi connectivity index (χ0) is 15.8. The van der Waals surface area contributed by atoms with Crippen molar-refractivity contribution in [3.8, 4) is 11.5 Å². The molecule has 0 bridgehead atoms. The molecule has 116 valence electrons. The molecule has 0 aliphatic carbocycles. The number of nitrogens with one attached hydrogen (secondary N) is 1. The molecule has 0 radical (unpaired) electrons. The fourth-order valence-electron chi connectivity index (χ4n) is 1.77. The molecule has 0 spiro atoms. The zero-order valence-corrected chi connectivity index (χ0v) is 12.4. The fraction of sp³-hybridized carbons (Fsp3) is 0.429. The first-order valence-electron chi connectivity index (χ1n) is 6.47. The second-order valence-electron chi connectivity index (χ2n) is 4.24. The largest absolute Gasteiger partial charge is 0.497 e. The second kappa shape index (κ2) is 7.98. The van der Waals surface area contributed by atoms with Crippen LogP contribution in [0.5, 0.6) is 11.5 Å². The standard InChI is InChI=1S/C14H20N2O5/c1-4-16(9-13(17)18)14(19)15-8-10-5-6-11(20-2)7-12(10)21-3/h5-7H,4,8-9H2,1-3H3,(H,15,19)(H,17,18). The predicted octanol–water partition coefficient (Wildman–Crippen LogP) is 1.32. The Morgan fingerprint density at radius 2 is 2.00 bits per heavy atom. The number of ether oxygens (including phenoxy) is 2. The first-order valence-corrected chi connectivity index (χ1v) is 6.47. The van der Waals surface area contributed by atoms with Crippen molar-refractivity contribution in [1.29, 1.82) is 0 Å². The number of urea groups is 1. The van der Waals surface area contributed by atoms with Gasteiger partial charge in [-0.25, -0.2) is 4.79 Å². The number of benzene rings is 1. The summed E-state index contributed by atoms with van der Waals surface area (Å²) in [5.41, 5.74) is 0.776. The van der Waals surface area contributed by atoms with Gasteiger partial charge in [-0.3, -0.25) is 4.79 Å². The van der Waals surface area contributed by atoms with Gasteiger partial charge in [-0.05, 0) is 19.1 Å². The van der Waals surface area contributed by atoms with Crippen molar-refractivity contribution in [2.45, 2.75) is 13.5 Å². The Labute approximate surface area is 123 Å². The molecule has 0 aromatic heterocycles. The van der Waals surface area contributed by atoms with Crippen molar-refractivity contribution in [2.75, 3.05) is 27.3 Å². The van der Waals surface area contributed by atoms with Gasteiger partial charge in [0.2, 0.25) is 0 Å². The lowest BCUT2D eigenvalue weighted by atomic mass is 10.2. The van der Waals surface area contributed by atoms with Crippen LogP contribution in [0.15, 0.2) is 18.2 Å². The maximum Gasteiger partial charge on any atom is 0.323 e. The number of carboxylic acid groups (broad SMARTS) is 1. The average Bonchev–Trinajstić information content (AvgIpc) is 2.49. The van der Waals surface area contributed by atoms with Crippen LogP contribution in [0, 0.1) is 0 Å². The normalized spacial score (nSPS) is 9.86. The lowest BCUT2D eigenvalue weighted by Gasteiger charge is -2.19. The third kappa shape index (κ3) is 4.87. The number of rotatable bonds is 7. The zero-order valence-electron chi connectivity index (χ0n) is 12.4. The quantitative estimate of drug-likeness (QED) is 0.792. The lowest BCUT2D eigenvalue weighted by molar-refractivity contribution is -0.137. The minimum atomic E-state index is -1.05. The minimum absolute atomic E-state index is 0.238. The van der Waals surface area contributed by atoms with Gasteiger partial charge in [0.15, 0.2) is 0 Å². The van der Waals surface area contributed by atoms with Crippen molar-refractivity contribution in [1.82, 2.24) is 10.2 Å². The number of aliphatic carboxylic acids is 1. The van der Waals surface area contributed by atoms with Crippen molar-refractivity contribution < 1.29 is 24.2 Å². The SMILES string of the molecule is CCN(CC(=O)O)C(=O)NCc1ccc(OC)cc1OC. The topological polar surface area (TPSA) is 88.1 Å². The Balaban J connectivity index is 2.69. The number of hydrogen-bond donors (Lipinski definition) is 2. The van der Waals surface area contributed by atoms with Gasteiger partial charge >= 0.3 is 12.0 Å². The molecule has 0 saturated heterocycles. The number of carboxylic acids is 1. The van der Waals surface area contributed by atoms with E-state index in [1.54, 1.807) is 32.2 Å². The van der Waals surface area contributed by atoms with E-state index in [0.717, 1.165) is 5.56 Å². The van der Waals surface area contributed by atoms with E-state index < -0.39 is 12.0 Å². The van der Waals surface area contributed by atoms with E-state index in [-0.39, 0.29) is 13.1 Å². The van der Waals surface area contributed by atoms with Gasteiger partial charge in [0.05, 0.1) is 14.2 Å². The van der Waals surface area contributed by atoms with Crippen molar-refractivity contribution in [3.63, 3.8) is 0 Å². The van der Waals surface area contributed by atoms with Crippen molar-refractivity contribution in [2.24, 2.45) is 0 Å². The van der Waals surface area contributed by atoms with Gasteiger partial charge < -0.3 is 24.8 Å². The summed E-state index contributed by atoms with van der Waals surface area (Å²) in [6, 6.07) is 4.83. The molecule has 0 fully saturated rings. The predicted molar refractivity (Wildman–Crippen MR) is 76.7 cm³/mol. The van der Waals surface area contributed by atoms with Crippen LogP contribution in [-0.2, 0) is 11.3 Å². The maximum absolute atomic E-state index is 11.9. The second-order valence-corrected chi connectivity index (χ2v) is 4.24. The van der Waals surface area contributed by atoms with Gasteiger partial charge in [-0.15, -0.1) is 0 Å². The molecule has 1 aromatic rings. The molecule has 2 N–H and O–H groups in total. The summed E-state index contributed by atoms with van der Waals surface area (Å²) in [4.78, 5) is 23.8. The highest BCUT2D eigenvalue weighted by Gasteiger charge is 2.15. The molecule has 0 heterocycles. The third-order valence-corrected chi connectivity index (χ3v) is 2.92. The molecule has 0 aliphatic rings. The molecule has 0 aliphatic heterocycles. The maximum atomic E-state index is 11.9. The molecule has 1 rings (SSSR count). The molecule has 0 saturated carbocycles. The Hall–Kier alpha value is -2.44. The summed E-state index contributed by atoms with van der Waals surface area (Å²) >= 11 is 0. The van der Waals surface area contributed by atoms with Crippen LogP contribution in [0.3, 0.4) is 0 Å². The Bertz CT molecular complexity index is 504. The van der Waals surface area contributed by atoms with Crippen LogP contribution >= 0.6 is 0 Å². The van der Waals surface area contributed by atoms with Gasteiger partial charge in [-0.1, -0.05) is 0 Å². The van der Waals surface area contributed by atoms with E-state index in [4.69, 9.17) is 14.6 Å². The molecule has 1 aromatic carbocycles. The van der Waals surface area contributed by atoms with Gasteiger partial charge in [0, 0.05) is 24.7 Å². The molecule has 0 atom stereocenters. The highest BCUT2D eigenvalue weighted by atomic mass is 16.5. The number of methoxy groups -OCH3 is 2. The van der Waals surface area contributed by atoms with Crippen LogP contribution < -0.4 is 14.8 Å². The highest BCUT2D eigenvalue weighted by molar-refractivity contribution is 5.80. The molecule has 21 heavy (non-hydrogen) atoms. The first kappa shape index (κ1) is 16.6. The van der Waals surface area contributed by atoms with E-state index in [1.165, 1.54) is 12.0 Å². The van der Waals surface area contributed by atoms with Gasteiger partial charge in [-0.2, -0.15) is 0 Å². The van der Waals surface area contributed by atoms with Crippen molar-refractivity contribution in [3.05, 3.63) is 23.8 Å². The van der Waals surface area contributed by atoms with E-state index in [2.05, 4.69) is 5.32 Å². The van der Waals surface area contributed by atoms with Crippen molar-refractivity contribution >= 4 is 12.0 Å². The third-order valence-electron chi connectivity index (χ3n) is 2.92. The molecular formula is C14H20N2O5. The van der Waals surface area contributed by atoms with E-state index in [1.807, 2.05) is 0 Å². The molecule has 2 amide bonds. The molecule has 7 heteroatoms. The smallest absolute Gasteiger partial charge is 0.323 e. The molecule has 7 nitrogen and oxygen atoms in total. The van der Waals surface area contributed by atoms with Gasteiger partial charge in [0.1, 0.15) is 18.0 Å². The Morgan fingerprint density at radius 1 is 1.29 bits per heavy atom. The number of amides is 2. The number of likely N-dealkylation sites (N-methyl/N-ethyl adjacent to an activating group) is 1. The van der Waals surface area contributed by atoms with Crippen LogP contribution in [0.4, 0.5) is 4.79 Å². The Kier molecular flexibility index (Phi) is 6.32. The lowest BCUT2D eigenvalue weighted by Crippen LogP contribution is -2.42. The van der Waals surface area contributed by atoms with Crippen LogP contribution in [0.25, 0.3) is 0 Å². The van der Waals surface area contributed by atoms with Crippen LogP contribution in [0.1, 0.15) is 12.5 Å². The summed E-state index contributed by atoms with van der Waals surface area (Å²) in [6.07, 6.45) is 0. The monoisotopic (exact) mass is 296 g/mol. The number of nitrogens with zero attached hydrogens (tertiary/aromatic N) is 1. The summed E-state index contributed by atoms with van der Waals surface area (Å²) in [6.45, 7) is 1.94. The summed E-state index contributed by atoms with van der Waals surface area (Å²) < 4.78 is 10.3. The highest BCUT2D eigenvalue weighted by Crippen LogP contribution is 2.24. The summed E-state index contributed by atoms with van der Waals surface area (Å²) in [7, 11) is 3.09. The minimum Gasteiger partial charge on any atom is -0.497 e. The number of hydrogen-bond acceptors (Lipinski definition) is 4. The average molecular weight is 296 g/mol. The Morgan fingerprint density at radius 3 is 2.52 bits per heavy atom. The molecular weight excluding hydrogens is 276 g/mol. The van der Waals surface area contributed by atoms with E-state index >= 15 is 0 Å². The number of carbonyl (C=O) groups is 2. The first-order chi connectivity index (χ1) is 10.0. The fourth-order valence-corrected chi connectivity index (χ4v) is 1.77. The van der Waals surface area contributed by atoms with Crippen LogP contribution in [-0.4, -0.2) is 49.3 Å². The van der Waals surface area contributed by atoms with Gasteiger partial charge in [0.25, 0.3) is 0 Å². The molecule has 0 unspecified atom stereocenters. The van der Waals surface area contributed by atoms with E-state index in [9.17, 15) is 9.59 Å².